The molecule has 1 fully saturated rings. The molecule has 1 amide bonds. The molecule has 1 saturated heterocycles. The first kappa shape index (κ1) is 19.5. The highest BCUT2D eigenvalue weighted by atomic mass is 32.1. The van der Waals surface area contributed by atoms with Gasteiger partial charge in [0.05, 0.1) is 18.4 Å². The number of amides is 1. The van der Waals surface area contributed by atoms with E-state index in [1.165, 1.54) is 11.3 Å². The van der Waals surface area contributed by atoms with Crippen molar-refractivity contribution in [2.75, 3.05) is 32.1 Å². The van der Waals surface area contributed by atoms with Gasteiger partial charge < -0.3 is 14.2 Å². The Labute approximate surface area is 173 Å². The molecule has 3 aromatic heterocycles. The van der Waals surface area contributed by atoms with Crippen LogP contribution >= 0.6 is 11.3 Å². The Balaban J connectivity index is 1.38. The number of carbonyl (C=O) groups excluding carboxylic acids is 1. The molecule has 150 valence electrons. The molecule has 1 atom stereocenters. The lowest BCUT2D eigenvalue weighted by Gasteiger charge is -2.27. The predicted octanol–water partition coefficient (Wildman–Crippen LogP) is 2.98. The van der Waals surface area contributed by atoms with Gasteiger partial charge in [0.25, 0.3) is 5.91 Å². The van der Waals surface area contributed by atoms with Crippen LogP contribution in [-0.4, -0.2) is 58.2 Å². The van der Waals surface area contributed by atoms with Crippen LogP contribution in [0, 0.1) is 0 Å². The molecule has 1 unspecified atom stereocenters. The molecular formula is C21H23N5O2S. The molecule has 0 spiro atoms. The van der Waals surface area contributed by atoms with Crippen LogP contribution in [0.2, 0.25) is 0 Å². The fourth-order valence-corrected chi connectivity index (χ4v) is 3.83. The Hall–Kier alpha value is -2.81. The van der Waals surface area contributed by atoms with E-state index in [-0.39, 0.29) is 12.0 Å². The molecule has 3 aromatic rings. The minimum absolute atomic E-state index is 0.0740. The molecule has 0 saturated carbocycles. The Morgan fingerprint density at radius 1 is 1.38 bits per heavy atom. The van der Waals surface area contributed by atoms with Crippen LogP contribution in [0.4, 0.5) is 5.13 Å². The SMILES string of the molecule is CN1CCOC(/C=C/c2csc(NC(=O)c3cccn3Cc3ccncc3)n2)C1. The van der Waals surface area contributed by atoms with Gasteiger partial charge in [-0.25, -0.2) is 4.98 Å². The summed E-state index contributed by atoms with van der Waals surface area (Å²) in [5.41, 5.74) is 2.49. The third kappa shape index (κ3) is 5.17. The van der Waals surface area contributed by atoms with Crippen molar-refractivity contribution in [1.29, 1.82) is 0 Å². The molecule has 7 nitrogen and oxygen atoms in total. The van der Waals surface area contributed by atoms with Crippen LogP contribution in [0.1, 0.15) is 21.7 Å². The average molecular weight is 410 g/mol. The summed E-state index contributed by atoms with van der Waals surface area (Å²) in [5.74, 6) is -0.175. The molecule has 1 aliphatic rings. The summed E-state index contributed by atoms with van der Waals surface area (Å²) in [5, 5.41) is 5.40. The molecule has 4 heterocycles. The van der Waals surface area contributed by atoms with Crippen LogP contribution in [0.25, 0.3) is 6.08 Å². The zero-order valence-electron chi connectivity index (χ0n) is 16.2. The topological polar surface area (TPSA) is 72.3 Å². The minimum atomic E-state index is -0.175. The van der Waals surface area contributed by atoms with Gasteiger partial charge in [-0.15, -0.1) is 11.3 Å². The Bertz CT molecular complexity index is 982. The number of rotatable bonds is 6. The number of hydrogen-bond acceptors (Lipinski definition) is 6. The van der Waals surface area contributed by atoms with Crippen molar-refractivity contribution in [2.24, 2.45) is 0 Å². The third-order valence-corrected chi connectivity index (χ3v) is 5.46. The number of nitrogens with zero attached hydrogens (tertiary/aromatic N) is 4. The monoisotopic (exact) mass is 409 g/mol. The summed E-state index contributed by atoms with van der Waals surface area (Å²) in [7, 11) is 2.09. The maximum absolute atomic E-state index is 12.7. The van der Waals surface area contributed by atoms with Crippen LogP contribution in [0.5, 0.6) is 0 Å². The van der Waals surface area contributed by atoms with Gasteiger partial charge in [-0.05, 0) is 43.0 Å². The van der Waals surface area contributed by atoms with Crippen molar-refractivity contribution in [3.8, 4) is 0 Å². The van der Waals surface area contributed by atoms with E-state index in [2.05, 4.69) is 27.2 Å². The molecule has 1 aliphatic heterocycles. The second-order valence-electron chi connectivity index (χ2n) is 6.94. The number of aromatic nitrogens is 3. The summed E-state index contributed by atoms with van der Waals surface area (Å²) in [6, 6.07) is 7.55. The van der Waals surface area contributed by atoms with Crippen LogP contribution in [0.15, 0.2) is 54.3 Å². The van der Waals surface area contributed by atoms with E-state index in [4.69, 9.17) is 4.74 Å². The van der Waals surface area contributed by atoms with Gasteiger partial charge >= 0.3 is 0 Å². The largest absolute Gasteiger partial charge is 0.371 e. The van der Waals surface area contributed by atoms with E-state index < -0.39 is 0 Å². The first-order valence-corrected chi connectivity index (χ1v) is 10.3. The van der Waals surface area contributed by atoms with Gasteiger partial charge in [0, 0.05) is 43.6 Å². The summed E-state index contributed by atoms with van der Waals surface area (Å²) in [6.07, 6.45) is 9.44. The van der Waals surface area contributed by atoms with Crippen molar-refractivity contribution in [3.63, 3.8) is 0 Å². The van der Waals surface area contributed by atoms with Crippen molar-refractivity contribution < 1.29 is 9.53 Å². The summed E-state index contributed by atoms with van der Waals surface area (Å²) in [6.45, 7) is 3.18. The maximum Gasteiger partial charge on any atom is 0.274 e. The number of morpholine rings is 1. The Morgan fingerprint density at radius 3 is 3.07 bits per heavy atom. The van der Waals surface area contributed by atoms with Crippen molar-refractivity contribution in [3.05, 3.63) is 71.3 Å². The van der Waals surface area contributed by atoms with Crippen LogP contribution in [-0.2, 0) is 11.3 Å². The number of carbonyl (C=O) groups is 1. The fraction of sp³-hybridized carbons (Fsp3) is 0.286. The fourth-order valence-electron chi connectivity index (χ4n) is 3.16. The minimum Gasteiger partial charge on any atom is -0.371 e. The first-order valence-electron chi connectivity index (χ1n) is 9.46. The molecule has 0 radical (unpaired) electrons. The predicted molar refractivity (Wildman–Crippen MR) is 114 cm³/mol. The normalized spacial score (nSPS) is 17.6. The molecule has 0 aliphatic carbocycles. The highest BCUT2D eigenvalue weighted by Crippen LogP contribution is 2.19. The molecule has 8 heteroatoms. The standard InChI is InChI=1S/C21H23N5O2S/c1-25-11-12-28-18(14-25)5-4-17-15-29-21(23-17)24-20(27)19-3-2-10-26(19)13-16-6-8-22-9-7-16/h2-10,15,18H,11-14H2,1H3,(H,23,24,27)/b5-4+. The van der Waals surface area contributed by atoms with E-state index in [1.807, 2.05) is 52.6 Å². The average Bonchev–Trinajstić information content (AvgIpc) is 3.37. The van der Waals surface area contributed by atoms with E-state index in [0.29, 0.717) is 17.4 Å². The molecule has 0 aromatic carbocycles. The van der Waals surface area contributed by atoms with Crippen molar-refractivity contribution >= 4 is 28.5 Å². The van der Waals surface area contributed by atoms with Crippen molar-refractivity contribution in [1.82, 2.24) is 19.4 Å². The Morgan fingerprint density at radius 2 is 2.24 bits per heavy atom. The van der Waals surface area contributed by atoms with Crippen molar-refractivity contribution in [2.45, 2.75) is 12.6 Å². The third-order valence-electron chi connectivity index (χ3n) is 4.69. The second kappa shape index (κ2) is 9.13. The highest BCUT2D eigenvalue weighted by molar-refractivity contribution is 7.14. The lowest BCUT2D eigenvalue weighted by molar-refractivity contribution is 0.00738. The van der Waals surface area contributed by atoms with Crippen LogP contribution < -0.4 is 5.32 Å². The van der Waals surface area contributed by atoms with Gasteiger partial charge in [0.2, 0.25) is 0 Å². The number of pyridine rings is 1. The molecule has 0 bridgehead atoms. The van der Waals surface area contributed by atoms with E-state index in [0.717, 1.165) is 31.0 Å². The molecule has 1 N–H and O–H groups in total. The van der Waals surface area contributed by atoms with Crippen LogP contribution in [0.3, 0.4) is 0 Å². The van der Waals surface area contributed by atoms with E-state index in [1.54, 1.807) is 12.4 Å². The van der Waals surface area contributed by atoms with E-state index >= 15 is 0 Å². The zero-order valence-corrected chi connectivity index (χ0v) is 17.0. The highest BCUT2D eigenvalue weighted by Gasteiger charge is 2.15. The first-order chi connectivity index (χ1) is 14.2. The summed E-state index contributed by atoms with van der Waals surface area (Å²) < 4.78 is 7.64. The number of anilines is 1. The number of ether oxygens (including phenoxy) is 1. The van der Waals surface area contributed by atoms with Gasteiger partial charge in [-0.1, -0.05) is 6.08 Å². The maximum atomic E-state index is 12.7. The quantitative estimate of drug-likeness (QED) is 0.678. The number of thiazole rings is 1. The zero-order chi connectivity index (χ0) is 20.1. The lowest BCUT2D eigenvalue weighted by Crippen LogP contribution is -2.38. The number of nitrogens with one attached hydrogen (secondary N) is 1. The second-order valence-corrected chi connectivity index (χ2v) is 7.80. The Kier molecular flexibility index (Phi) is 6.14. The summed E-state index contributed by atoms with van der Waals surface area (Å²) in [4.78, 5) is 23.5. The molecule has 4 rings (SSSR count). The lowest BCUT2D eigenvalue weighted by atomic mass is 10.2. The van der Waals surface area contributed by atoms with Gasteiger partial charge in [-0.3, -0.25) is 15.1 Å². The number of hydrogen-bond donors (Lipinski definition) is 1. The van der Waals surface area contributed by atoms with Gasteiger partial charge in [-0.2, -0.15) is 0 Å². The summed E-state index contributed by atoms with van der Waals surface area (Å²) >= 11 is 1.41. The van der Waals surface area contributed by atoms with Gasteiger partial charge in [0.15, 0.2) is 5.13 Å². The number of likely N-dealkylation sites (N-methyl/N-ethyl adjacent to an activating group) is 1. The molecular weight excluding hydrogens is 386 g/mol. The van der Waals surface area contributed by atoms with E-state index in [9.17, 15) is 4.79 Å². The molecule has 29 heavy (non-hydrogen) atoms. The smallest absolute Gasteiger partial charge is 0.274 e. The van der Waals surface area contributed by atoms with Gasteiger partial charge in [0.1, 0.15) is 5.69 Å².